The van der Waals surface area contributed by atoms with Crippen LogP contribution in [0.25, 0.3) is 0 Å². The normalized spacial score (nSPS) is 11.0. The largest absolute Gasteiger partial charge is 0.484 e. The second kappa shape index (κ2) is 11.3. The number of rotatable bonds is 11. The van der Waals surface area contributed by atoms with Crippen LogP contribution in [-0.2, 0) is 32.5 Å². The number of primary amides is 1. The van der Waals surface area contributed by atoms with Crippen molar-refractivity contribution >= 4 is 27.5 Å². The molecule has 172 valence electrons. The van der Waals surface area contributed by atoms with Gasteiger partial charge in [-0.2, -0.15) is 0 Å². The lowest BCUT2D eigenvalue weighted by atomic mass is 10.1. The number of hydrogen-bond acceptors (Lipinski definition) is 5. The molecule has 0 radical (unpaired) electrons. The Labute approximate surface area is 192 Å². The van der Waals surface area contributed by atoms with E-state index in [9.17, 15) is 18.0 Å². The van der Waals surface area contributed by atoms with Gasteiger partial charge in [0.05, 0.1) is 11.3 Å². The highest BCUT2D eigenvalue weighted by Gasteiger charge is 2.13. The maximum atomic E-state index is 12.4. The molecule has 8 nitrogen and oxygen atoms in total. The van der Waals surface area contributed by atoms with E-state index in [-0.39, 0.29) is 30.4 Å². The van der Waals surface area contributed by atoms with Crippen LogP contribution >= 0.6 is 0 Å². The summed E-state index contributed by atoms with van der Waals surface area (Å²) in [6.45, 7) is 0.0404. The van der Waals surface area contributed by atoms with Crippen molar-refractivity contribution in [2.24, 2.45) is 5.73 Å². The average molecular weight is 468 g/mol. The van der Waals surface area contributed by atoms with Gasteiger partial charge in [-0.3, -0.25) is 9.59 Å². The standard InChI is InChI=1S/C24H25N3O5S/c25-23(28)16-19-6-8-20(9-7-19)27-24(29)17-32-21-10-12-22(13-11-21)33(30,31)26-15-14-18-4-2-1-3-5-18/h1-13,26H,14-17H2,(H2,25,28)(H,27,29). The van der Waals surface area contributed by atoms with E-state index in [1.807, 2.05) is 30.3 Å². The van der Waals surface area contributed by atoms with E-state index in [1.54, 1.807) is 24.3 Å². The molecule has 0 aliphatic heterocycles. The van der Waals surface area contributed by atoms with Gasteiger partial charge in [0.25, 0.3) is 5.91 Å². The Bertz CT molecular complexity index is 1180. The summed E-state index contributed by atoms with van der Waals surface area (Å²) in [5, 5.41) is 2.68. The number of hydrogen-bond donors (Lipinski definition) is 3. The molecule has 0 aromatic heterocycles. The van der Waals surface area contributed by atoms with E-state index in [1.165, 1.54) is 24.3 Å². The summed E-state index contributed by atoms with van der Waals surface area (Å²) >= 11 is 0. The first kappa shape index (κ1) is 24.0. The molecule has 0 saturated heterocycles. The van der Waals surface area contributed by atoms with Crippen LogP contribution in [0.15, 0.2) is 83.8 Å². The quantitative estimate of drug-likeness (QED) is 0.399. The molecule has 0 atom stereocenters. The molecule has 3 rings (SSSR count). The van der Waals surface area contributed by atoms with Gasteiger partial charge in [0.1, 0.15) is 5.75 Å². The Kier molecular flexibility index (Phi) is 8.17. The number of anilines is 1. The Hall–Kier alpha value is -3.69. The van der Waals surface area contributed by atoms with Crippen molar-refractivity contribution in [3.05, 3.63) is 90.0 Å². The van der Waals surface area contributed by atoms with Gasteiger partial charge in [-0.25, -0.2) is 13.1 Å². The molecule has 4 N–H and O–H groups in total. The van der Waals surface area contributed by atoms with Crippen LogP contribution in [0.5, 0.6) is 5.75 Å². The van der Waals surface area contributed by atoms with E-state index in [2.05, 4.69) is 10.0 Å². The number of amides is 2. The predicted molar refractivity (Wildman–Crippen MR) is 125 cm³/mol. The lowest BCUT2D eigenvalue weighted by Gasteiger charge is -2.10. The lowest BCUT2D eigenvalue weighted by molar-refractivity contribution is -0.118. The Morgan fingerprint density at radius 2 is 1.52 bits per heavy atom. The van der Waals surface area contributed by atoms with Gasteiger partial charge in [0, 0.05) is 12.2 Å². The fourth-order valence-electron chi connectivity index (χ4n) is 3.03. The van der Waals surface area contributed by atoms with Crippen LogP contribution in [0.4, 0.5) is 5.69 Å². The van der Waals surface area contributed by atoms with Gasteiger partial charge in [-0.1, -0.05) is 42.5 Å². The Morgan fingerprint density at radius 3 is 2.15 bits per heavy atom. The summed E-state index contributed by atoms with van der Waals surface area (Å²) in [5.41, 5.74) is 7.50. The predicted octanol–water partition coefficient (Wildman–Crippen LogP) is 2.25. The monoisotopic (exact) mass is 467 g/mol. The van der Waals surface area contributed by atoms with Crippen molar-refractivity contribution < 1.29 is 22.7 Å². The molecule has 3 aromatic carbocycles. The van der Waals surface area contributed by atoms with Gasteiger partial charge >= 0.3 is 0 Å². The number of carbonyl (C=O) groups is 2. The number of benzene rings is 3. The average Bonchev–Trinajstić information content (AvgIpc) is 2.79. The Morgan fingerprint density at radius 1 is 0.848 bits per heavy atom. The number of ether oxygens (including phenoxy) is 1. The van der Waals surface area contributed by atoms with Crippen LogP contribution in [0.1, 0.15) is 11.1 Å². The first-order chi connectivity index (χ1) is 15.8. The second-order valence-electron chi connectivity index (χ2n) is 7.28. The van der Waals surface area contributed by atoms with Crippen LogP contribution < -0.4 is 20.5 Å². The van der Waals surface area contributed by atoms with Crippen molar-refractivity contribution in [3.8, 4) is 5.75 Å². The third-order valence-corrected chi connectivity index (χ3v) is 6.15. The number of nitrogens with one attached hydrogen (secondary N) is 2. The Balaban J connectivity index is 1.46. The molecule has 3 aromatic rings. The molecule has 9 heteroatoms. The minimum absolute atomic E-state index is 0.114. The van der Waals surface area contributed by atoms with E-state index in [4.69, 9.17) is 10.5 Å². The van der Waals surface area contributed by atoms with Crippen LogP contribution in [0, 0.1) is 0 Å². The zero-order valence-corrected chi connectivity index (χ0v) is 18.7. The number of carbonyl (C=O) groups excluding carboxylic acids is 2. The summed E-state index contributed by atoms with van der Waals surface area (Å²) in [5.74, 6) is -0.441. The summed E-state index contributed by atoms with van der Waals surface area (Å²) < 4.78 is 32.9. The molecule has 0 unspecified atom stereocenters. The number of nitrogens with two attached hydrogens (primary N) is 1. The highest BCUT2D eigenvalue weighted by atomic mass is 32.2. The van der Waals surface area contributed by atoms with Crippen molar-refractivity contribution in [2.45, 2.75) is 17.7 Å². The van der Waals surface area contributed by atoms with Crippen LogP contribution in [0.3, 0.4) is 0 Å². The maximum absolute atomic E-state index is 12.4. The number of sulfonamides is 1. The SMILES string of the molecule is NC(=O)Cc1ccc(NC(=O)COc2ccc(S(=O)(=O)NCCc3ccccc3)cc2)cc1. The first-order valence-electron chi connectivity index (χ1n) is 10.3. The van der Waals surface area contributed by atoms with Gasteiger partial charge < -0.3 is 15.8 Å². The van der Waals surface area contributed by atoms with Crippen LogP contribution in [-0.4, -0.2) is 33.4 Å². The van der Waals surface area contributed by atoms with Gasteiger partial charge in [-0.15, -0.1) is 0 Å². The molecule has 0 fully saturated rings. The minimum atomic E-state index is -3.64. The molecule has 0 heterocycles. The zero-order chi connectivity index (χ0) is 23.7. The fraction of sp³-hybridized carbons (Fsp3) is 0.167. The third-order valence-electron chi connectivity index (χ3n) is 4.67. The second-order valence-corrected chi connectivity index (χ2v) is 9.05. The van der Waals surface area contributed by atoms with Crippen molar-refractivity contribution in [3.63, 3.8) is 0 Å². The first-order valence-corrected chi connectivity index (χ1v) is 11.7. The van der Waals surface area contributed by atoms with Gasteiger partial charge in [0.15, 0.2) is 6.61 Å². The van der Waals surface area contributed by atoms with Crippen LogP contribution in [0.2, 0.25) is 0 Å². The van der Waals surface area contributed by atoms with E-state index in [0.29, 0.717) is 17.9 Å². The molecule has 0 spiro atoms. The van der Waals surface area contributed by atoms with Crippen molar-refractivity contribution in [1.82, 2.24) is 4.72 Å². The van der Waals surface area contributed by atoms with E-state index < -0.39 is 15.9 Å². The fourth-order valence-corrected chi connectivity index (χ4v) is 4.06. The molecule has 0 bridgehead atoms. The van der Waals surface area contributed by atoms with E-state index in [0.717, 1.165) is 11.1 Å². The lowest BCUT2D eigenvalue weighted by Crippen LogP contribution is -2.26. The topological polar surface area (TPSA) is 128 Å². The summed E-state index contributed by atoms with van der Waals surface area (Å²) in [4.78, 5) is 23.1. The maximum Gasteiger partial charge on any atom is 0.262 e. The van der Waals surface area contributed by atoms with Crippen molar-refractivity contribution in [1.29, 1.82) is 0 Å². The molecular formula is C24H25N3O5S. The highest BCUT2D eigenvalue weighted by molar-refractivity contribution is 7.89. The van der Waals surface area contributed by atoms with Crippen molar-refractivity contribution in [2.75, 3.05) is 18.5 Å². The molecule has 0 saturated carbocycles. The summed E-state index contributed by atoms with van der Waals surface area (Å²) in [6, 6.07) is 22.2. The smallest absolute Gasteiger partial charge is 0.262 e. The molecule has 2 amide bonds. The zero-order valence-electron chi connectivity index (χ0n) is 17.9. The minimum Gasteiger partial charge on any atom is -0.484 e. The molecular weight excluding hydrogens is 442 g/mol. The molecule has 0 aliphatic carbocycles. The molecule has 33 heavy (non-hydrogen) atoms. The highest BCUT2D eigenvalue weighted by Crippen LogP contribution is 2.16. The van der Waals surface area contributed by atoms with E-state index >= 15 is 0 Å². The summed E-state index contributed by atoms with van der Waals surface area (Å²) in [6.07, 6.45) is 0.718. The summed E-state index contributed by atoms with van der Waals surface area (Å²) in [7, 11) is -3.64. The van der Waals surface area contributed by atoms with Gasteiger partial charge in [0.2, 0.25) is 15.9 Å². The molecule has 0 aliphatic rings. The third kappa shape index (κ3) is 7.74. The van der Waals surface area contributed by atoms with Gasteiger partial charge in [-0.05, 0) is 53.9 Å².